The summed E-state index contributed by atoms with van der Waals surface area (Å²) in [5, 5.41) is -0.129. The van der Waals surface area contributed by atoms with Gasteiger partial charge in [-0.3, -0.25) is 0 Å². The predicted molar refractivity (Wildman–Crippen MR) is 77.1 cm³/mol. The van der Waals surface area contributed by atoms with E-state index in [1.807, 2.05) is 13.8 Å². The van der Waals surface area contributed by atoms with Crippen LogP contribution >= 0.6 is 11.6 Å². The second kappa shape index (κ2) is 5.41. The van der Waals surface area contributed by atoms with Crippen molar-refractivity contribution >= 4 is 11.6 Å². The molecule has 2 rings (SSSR count). The van der Waals surface area contributed by atoms with E-state index in [0.717, 1.165) is 16.7 Å². The third-order valence-electron chi connectivity index (χ3n) is 4.49. The largest absolute Gasteiger partial charge is 0.375 e. The van der Waals surface area contributed by atoms with E-state index in [9.17, 15) is 4.39 Å². The summed E-state index contributed by atoms with van der Waals surface area (Å²) in [6.45, 7) is 10.2. The van der Waals surface area contributed by atoms with Crippen molar-refractivity contribution in [2.75, 3.05) is 0 Å². The first kappa shape index (κ1) is 14.8. The zero-order chi connectivity index (χ0) is 14.3. The topological polar surface area (TPSA) is 9.23 Å². The summed E-state index contributed by atoms with van der Waals surface area (Å²) in [4.78, 5) is 0. The average Bonchev–Trinajstić information content (AvgIpc) is 2.51. The van der Waals surface area contributed by atoms with Crippen molar-refractivity contribution in [3.8, 4) is 0 Å². The number of alkyl halides is 1. The van der Waals surface area contributed by atoms with Crippen molar-refractivity contribution in [3.05, 3.63) is 34.6 Å². The fraction of sp³-hybridized carbons (Fsp3) is 0.625. The zero-order valence-electron chi connectivity index (χ0n) is 12.2. The molecule has 1 aliphatic heterocycles. The highest BCUT2D eigenvalue weighted by Crippen LogP contribution is 2.45. The standard InChI is InChI=1S/C16H22ClFO/c1-8-6-13(18)7-9(2)14(8)16(17)15-10(3)11(4)19-12(15)5/h6-7,10-12,15-16H,1-5H3. The molecule has 1 aromatic carbocycles. The minimum atomic E-state index is -0.195. The van der Waals surface area contributed by atoms with Gasteiger partial charge in [0.2, 0.25) is 0 Å². The quantitative estimate of drug-likeness (QED) is 0.710. The Morgan fingerprint density at radius 2 is 1.63 bits per heavy atom. The second-order valence-corrected chi connectivity index (χ2v) is 6.31. The summed E-state index contributed by atoms with van der Waals surface area (Å²) in [7, 11) is 0. The molecule has 1 saturated heterocycles. The van der Waals surface area contributed by atoms with Crippen LogP contribution in [0.2, 0.25) is 0 Å². The van der Waals surface area contributed by atoms with Gasteiger partial charge in [-0.25, -0.2) is 4.39 Å². The normalized spacial score (nSPS) is 32.6. The molecule has 1 fully saturated rings. The Labute approximate surface area is 120 Å². The highest BCUT2D eigenvalue weighted by molar-refractivity contribution is 6.21. The molecule has 0 spiro atoms. The van der Waals surface area contributed by atoms with Crippen LogP contribution in [0.3, 0.4) is 0 Å². The molecule has 1 aromatic rings. The molecule has 3 heteroatoms. The lowest BCUT2D eigenvalue weighted by Gasteiger charge is -2.27. The number of aryl methyl sites for hydroxylation is 2. The van der Waals surface area contributed by atoms with Crippen molar-refractivity contribution in [1.82, 2.24) is 0 Å². The fourth-order valence-corrected chi connectivity index (χ4v) is 4.13. The predicted octanol–water partition coefficient (Wildman–Crippen LogP) is 4.78. The van der Waals surface area contributed by atoms with Crippen LogP contribution in [0, 0.1) is 31.5 Å². The molecule has 1 aliphatic rings. The molecular formula is C16H22ClFO. The fourth-order valence-electron chi connectivity index (χ4n) is 3.35. The molecule has 5 atom stereocenters. The number of hydrogen-bond acceptors (Lipinski definition) is 1. The molecule has 0 bridgehead atoms. The van der Waals surface area contributed by atoms with Gasteiger partial charge in [0.15, 0.2) is 0 Å². The number of benzene rings is 1. The van der Waals surface area contributed by atoms with E-state index in [0.29, 0.717) is 5.92 Å². The lowest BCUT2D eigenvalue weighted by Crippen LogP contribution is -2.23. The van der Waals surface area contributed by atoms with Crippen LogP contribution in [0.15, 0.2) is 12.1 Å². The van der Waals surface area contributed by atoms with Gasteiger partial charge in [0, 0.05) is 5.92 Å². The molecule has 0 radical (unpaired) electrons. The summed E-state index contributed by atoms with van der Waals surface area (Å²) in [5.41, 5.74) is 2.91. The van der Waals surface area contributed by atoms with E-state index in [-0.39, 0.29) is 29.3 Å². The Kier molecular flexibility index (Phi) is 4.22. The van der Waals surface area contributed by atoms with E-state index in [4.69, 9.17) is 16.3 Å². The van der Waals surface area contributed by atoms with E-state index < -0.39 is 0 Å². The Bertz CT molecular complexity index is 451. The van der Waals surface area contributed by atoms with Gasteiger partial charge in [0.25, 0.3) is 0 Å². The highest BCUT2D eigenvalue weighted by atomic mass is 35.5. The van der Waals surface area contributed by atoms with Crippen molar-refractivity contribution in [2.24, 2.45) is 11.8 Å². The molecule has 106 valence electrons. The van der Waals surface area contributed by atoms with Crippen molar-refractivity contribution < 1.29 is 9.13 Å². The molecule has 0 N–H and O–H groups in total. The number of hydrogen-bond donors (Lipinski definition) is 0. The Balaban J connectivity index is 2.37. The second-order valence-electron chi connectivity index (χ2n) is 5.84. The van der Waals surface area contributed by atoms with Crippen LogP contribution in [-0.4, -0.2) is 12.2 Å². The molecule has 1 nitrogen and oxygen atoms in total. The van der Waals surface area contributed by atoms with Crippen LogP contribution in [0.25, 0.3) is 0 Å². The summed E-state index contributed by atoms with van der Waals surface area (Å²) in [5.74, 6) is 0.473. The van der Waals surface area contributed by atoms with Gasteiger partial charge in [-0.15, -0.1) is 11.6 Å². The van der Waals surface area contributed by atoms with Crippen LogP contribution in [0.1, 0.15) is 42.8 Å². The Morgan fingerprint density at radius 3 is 2.05 bits per heavy atom. The van der Waals surface area contributed by atoms with Gasteiger partial charge >= 0.3 is 0 Å². The molecular weight excluding hydrogens is 263 g/mol. The highest BCUT2D eigenvalue weighted by Gasteiger charge is 2.42. The lowest BCUT2D eigenvalue weighted by molar-refractivity contribution is 0.0508. The molecule has 0 saturated carbocycles. The minimum Gasteiger partial charge on any atom is -0.375 e. The van der Waals surface area contributed by atoms with Gasteiger partial charge in [0.1, 0.15) is 5.82 Å². The van der Waals surface area contributed by atoms with E-state index >= 15 is 0 Å². The van der Waals surface area contributed by atoms with Crippen molar-refractivity contribution in [3.63, 3.8) is 0 Å². The molecule has 1 heterocycles. The van der Waals surface area contributed by atoms with Gasteiger partial charge in [-0.05, 0) is 62.4 Å². The number of rotatable bonds is 2. The first-order chi connectivity index (χ1) is 8.82. The molecule has 0 aliphatic carbocycles. The van der Waals surface area contributed by atoms with Crippen LogP contribution in [-0.2, 0) is 4.74 Å². The molecule has 19 heavy (non-hydrogen) atoms. The number of ether oxygens (including phenoxy) is 1. The molecule has 5 unspecified atom stereocenters. The summed E-state index contributed by atoms with van der Waals surface area (Å²) < 4.78 is 19.3. The smallest absolute Gasteiger partial charge is 0.123 e. The summed E-state index contributed by atoms with van der Waals surface area (Å²) >= 11 is 6.73. The molecule has 0 aromatic heterocycles. The van der Waals surface area contributed by atoms with Gasteiger partial charge in [0.05, 0.1) is 17.6 Å². The van der Waals surface area contributed by atoms with Crippen LogP contribution in [0.4, 0.5) is 4.39 Å². The molecule has 0 amide bonds. The van der Waals surface area contributed by atoms with Gasteiger partial charge < -0.3 is 4.74 Å². The van der Waals surface area contributed by atoms with Gasteiger partial charge in [-0.2, -0.15) is 0 Å². The van der Waals surface area contributed by atoms with Crippen LogP contribution in [0.5, 0.6) is 0 Å². The lowest BCUT2D eigenvalue weighted by atomic mass is 9.82. The third-order valence-corrected chi connectivity index (χ3v) is 5.00. The minimum absolute atomic E-state index is 0.129. The first-order valence-corrected chi connectivity index (χ1v) is 7.32. The van der Waals surface area contributed by atoms with E-state index in [1.165, 1.54) is 0 Å². The third kappa shape index (κ3) is 2.66. The maximum atomic E-state index is 13.4. The van der Waals surface area contributed by atoms with Crippen LogP contribution < -0.4 is 0 Å². The Morgan fingerprint density at radius 1 is 1.11 bits per heavy atom. The van der Waals surface area contributed by atoms with E-state index in [1.54, 1.807) is 12.1 Å². The van der Waals surface area contributed by atoms with Crippen molar-refractivity contribution in [2.45, 2.75) is 52.2 Å². The van der Waals surface area contributed by atoms with Gasteiger partial charge in [-0.1, -0.05) is 6.92 Å². The monoisotopic (exact) mass is 284 g/mol. The average molecular weight is 285 g/mol. The summed E-state index contributed by atoms with van der Waals surface area (Å²) in [6.07, 6.45) is 0.360. The summed E-state index contributed by atoms with van der Waals surface area (Å²) in [6, 6.07) is 3.12. The number of halogens is 2. The SMILES string of the molecule is Cc1cc(F)cc(C)c1C(Cl)C1C(C)OC(C)C1C. The van der Waals surface area contributed by atoms with Crippen molar-refractivity contribution in [1.29, 1.82) is 0 Å². The Hall–Kier alpha value is -0.600. The van der Waals surface area contributed by atoms with E-state index in [2.05, 4.69) is 20.8 Å². The maximum absolute atomic E-state index is 13.4. The first-order valence-electron chi connectivity index (χ1n) is 6.89. The zero-order valence-corrected chi connectivity index (χ0v) is 13.0. The maximum Gasteiger partial charge on any atom is 0.123 e.